The molecule has 0 aromatic rings. The lowest BCUT2D eigenvalue weighted by atomic mass is 9.81. The number of imide groups is 1. The van der Waals surface area contributed by atoms with E-state index in [0.29, 0.717) is 6.54 Å². The highest BCUT2D eigenvalue weighted by molar-refractivity contribution is 8.00. The zero-order chi connectivity index (χ0) is 13.8. The van der Waals surface area contributed by atoms with Crippen molar-refractivity contribution in [2.75, 3.05) is 12.3 Å². The first-order valence-electron chi connectivity index (χ1n) is 7.03. The lowest BCUT2D eigenvalue weighted by molar-refractivity contribution is -0.142. The Morgan fingerprint density at radius 3 is 2.16 bits per heavy atom. The summed E-state index contributed by atoms with van der Waals surface area (Å²) in [5, 5.41) is 0. The summed E-state index contributed by atoms with van der Waals surface area (Å²) in [5.41, 5.74) is 0. The summed E-state index contributed by atoms with van der Waals surface area (Å²) in [6.45, 7) is 6.99. The van der Waals surface area contributed by atoms with Crippen LogP contribution in [0.25, 0.3) is 0 Å². The van der Waals surface area contributed by atoms with Crippen LogP contribution in [0.1, 0.15) is 33.6 Å². The van der Waals surface area contributed by atoms with Crippen LogP contribution >= 0.6 is 11.8 Å². The largest absolute Gasteiger partial charge is 0.373 e. The molecule has 0 aromatic heterocycles. The van der Waals surface area contributed by atoms with E-state index < -0.39 is 0 Å². The van der Waals surface area contributed by atoms with Crippen molar-refractivity contribution >= 4 is 23.6 Å². The number of ether oxygens (including phenoxy) is 1. The Balaban J connectivity index is 1.65. The Kier molecular flexibility index (Phi) is 3.17. The molecule has 2 amide bonds. The number of thioether (sulfide) groups is 1. The van der Waals surface area contributed by atoms with Gasteiger partial charge in [-0.15, -0.1) is 0 Å². The van der Waals surface area contributed by atoms with Crippen molar-refractivity contribution in [3.8, 4) is 0 Å². The van der Waals surface area contributed by atoms with Crippen LogP contribution in [0.5, 0.6) is 0 Å². The zero-order valence-electron chi connectivity index (χ0n) is 11.7. The minimum Gasteiger partial charge on any atom is -0.373 e. The second-order valence-corrected chi connectivity index (χ2v) is 8.55. The van der Waals surface area contributed by atoms with Crippen molar-refractivity contribution in [1.29, 1.82) is 0 Å². The highest BCUT2D eigenvalue weighted by Crippen LogP contribution is 2.48. The molecule has 4 nitrogen and oxygen atoms in total. The van der Waals surface area contributed by atoms with Crippen molar-refractivity contribution in [2.45, 2.75) is 50.6 Å². The van der Waals surface area contributed by atoms with E-state index in [4.69, 9.17) is 4.74 Å². The molecule has 0 N–H and O–H groups in total. The highest BCUT2D eigenvalue weighted by Gasteiger charge is 2.62. The van der Waals surface area contributed by atoms with E-state index in [1.165, 1.54) is 4.90 Å². The van der Waals surface area contributed by atoms with Crippen LogP contribution in [0.4, 0.5) is 0 Å². The first-order valence-corrected chi connectivity index (χ1v) is 8.02. The first kappa shape index (κ1) is 13.4. The number of fused-ring (bicyclic) bond motifs is 5. The maximum atomic E-state index is 12.4. The van der Waals surface area contributed by atoms with Crippen LogP contribution in [-0.4, -0.2) is 46.0 Å². The van der Waals surface area contributed by atoms with E-state index in [9.17, 15) is 9.59 Å². The van der Waals surface area contributed by atoms with Gasteiger partial charge in [0.2, 0.25) is 11.8 Å². The molecule has 4 atom stereocenters. The van der Waals surface area contributed by atoms with E-state index in [1.54, 1.807) is 11.8 Å². The molecule has 19 heavy (non-hydrogen) atoms. The topological polar surface area (TPSA) is 46.6 Å². The average molecular weight is 283 g/mol. The molecule has 0 spiro atoms. The molecule has 3 aliphatic heterocycles. The third kappa shape index (κ3) is 2.21. The summed E-state index contributed by atoms with van der Waals surface area (Å²) in [5.74, 6) is 0.488. The van der Waals surface area contributed by atoms with E-state index in [1.807, 2.05) is 0 Å². The van der Waals surface area contributed by atoms with Gasteiger partial charge in [-0.2, -0.15) is 11.8 Å². The summed E-state index contributed by atoms with van der Waals surface area (Å²) >= 11 is 1.79. The molecule has 0 aromatic carbocycles. The van der Waals surface area contributed by atoms with Gasteiger partial charge >= 0.3 is 0 Å². The Bertz CT molecular complexity index is 389. The van der Waals surface area contributed by atoms with Gasteiger partial charge in [0.05, 0.1) is 24.0 Å². The highest BCUT2D eigenvalue weighted by atomic mass is 32.2. The molecule has 3 rings (SSSR count). The van der Waals surface area contributed by atoms with Gasteiger partial charge in [-0.1, -0.05) is 20.8 Å². The number of rotatable bonds is 3. The maximum Gasteiger partial charge on any atom is 0.235 e. The van der Waals surface area contributed by atoms with Crippen LogP contribution < -0.4 is 0 Å². The second-order valence-electron chi connectivity index (χ2n) is 6.63. The zero-order valence-corrected chi connectivity index (χ0v) is 12.5. The number of carbonyl (C=O) groups is 2. The summed E-state index contributed by atoms with van der Waals surface area (Å²) in [4.78, 5) is 26.2. The average Bonchev–Trinajstić information content (AvgIpc) is 2.96. The standard InChI is InChI=1S/C14H21NO3S/c1-14(2,3)19-7-6-15-12(16)10-8-4-5-9(18-8)11(10)13(15)17/h8-11H,4-7H2,1-3H3. The number of carbonyl (C=O) groups excluding carboxylic acids is 2. The van der Waals surface area contributed by atoms with E-state index in [2.05, 4.69) is 20.8 Å². The third-order valence-electron chi connectivity index (χ3n) is 4.23. The van der Waals surface area contributed by atoms with E-state index in [0.717, 1.165) is 18.6 Å². The van der Waals surface area contributed by atoms with Gasteiger partial charge < -0.3 is 4.74 Å². The Hall–Kier alpha value is -0.550. The lowest BCUT2D eigenvalue weighted by Crippen LogP contribution is -2.36. The van der Waals surface area contributed by atoms with Gasteiger partial charge in [-0.25, -0.2) is 0 Å². The van der Waals surface area contributed by atoms with E-state index in [-0.39, 0.29) is 40.6 Å². The maximum absolute atomic E-state index is 12.4. The fourth-order valence-electron chi connectivity index (χ4n) is 3.44. The molecule has 3 fully saturated rings. The molecule has 0 aliphatic carbocycles. The monoisotopic (exact) mass is 283 g/mol. The second kappa shape index (κ2) is 4.48. The fraction of sp³-hybridized carbons (Fsp3) is 0.857. The van der Waals surface area contributed by atoms with Crippen molar-refractivity contribution < 1.29 is 14.3 Å². The Morgan fingerprint density at radius 2 is 1.68 bits per heavy atom. The minimum absolute atomic E-state index is 0.00622. The third-order valence-corrected chi connectivity index (χ3v) is 5.48. The fourth-order valence-corrected chi connectivity index (χ4v) is 4.32. The van der Waals surface area contributed by atoms with Crippen molar-refractivity contribution in [3.05, 3.63) is 0 Å². The van der Waals surface area contributed by atoms with Crippen LogP contribution in [0.2, 0.25) is 0 Å². The van der Waals surface area contributed by atoms with Crippen molar-refractivity contribution in [1.82, 2.24) is 4.90 Å². The summed E-state index contributed by atoms with van der Waals surface area (Å²) in [6, 6.07) is 0. The van der Waals surface area contributed by atoms with Crippen LogP contribution in [-0.2, 0) is 14.3 Å². The Labute approximate surface area is 118 Å². The molecule has 3 heterocycles. The predicted octanol–water partition coefficient (Wildman–Crippen LogP) is 1.68. The molecular formula is C14H21NO3S. The lowest BCUT2D eigenvalue weighted by Gasteiger charge is -2.21. The number of nitrogens with zero attached hydrogens (tertiary/aromatic N) is 1. The van der Waals surface area contributed by atoms with Crippen molar-refractivity contribution in [2.24, 2.45) is 11.8 Å². The SMILES string of the molecule is CC(C)(C)SCCN1C(=O)C2C3CCC(O3)C2C1=O. The molecule has 5 heteroatoms. The van der Waals surface area contributed by atoms with E-state index >= 15 is 0 Å². The van der Waals surface area contributed by atoms with Gasteiger partial charge in [0.1, 0.15) is 0 Å². The first-order chi connectivity index (χ1) is 8.88. The summed E-state index contributed by atoms with van der Waals surface area (Å²) in [7, 11) is 0. The molecular weight excluding hydrogens is 262 g/mol. The molecule has 2 bridgehead atoms. The van der Waals surface area contributed by atoms with Gasteiger partial charge in [-0.05, 0) is 12.8 Å². The molecule has 106 valence electrons. The number of amides is 2. The van der Waals surface area contributed by atoms with Crippen LogP contribution in [0, 0.1) is 11.8 Å². The number of likely N-dealkylation sites (tertiary alicyclic amines) is 1. The van der Waals surface area contributed by atoms with Gasteiger partial charge in [0.25, 0.3) is 0 Å². The van der Waals surface area contributed by atoms with Crippen LogP contribution in [0.3, 0.4) is 0 Å². The number of hydrogen-bond donors (Lipinski definition) is 0. The Morgan fingerprint density at radius 1 is 1.16 bits per heavy atom. The summed E-state index contributed by atoms with van der Waals surface area (Å²) in [6.07, 6.45) is 1.89. The van der Waals surface area contributed by atoms with Gasteiger partial charge in [0, 0.05) is 17.0 Å². The minimum atomic E-state index is -0.175. The molecule has 0 saturated carbocycles. The van der Waals surface area contributed by atoms with Gasteiger partial charge in [-0.3, -0.25) is 14.5 Å². The smallest absolute Gasteiger partial charge is 0.235 e. The quantitative estimate of drug-likeness (QED) is 0.739. The molecule has 4 unspecified atom stereocenters. The van der Waals surface area contributed by atoms with Crippen molar-refractivity contribution in [3.63, 3.8) is 0 Å². The predicted molar refractivity (Wildman–Crippen MR) is 73.8 cm³/mol. The molecule has 3 saturated heterocycles. The van der Waals surface area contributed by atoms with Crippen LogP contribution in [0.15, 0.2) is 0 Å². The normalized spacial score (nSPS) is 37.3. The summed E-state index contributed by atoms with van der Waals surface area (Å²) < 4.78 is 5.88. The van der Waals surface area contributed by atoms with Gasteiger partial charge in [0.15, 0.2) is 0 Å². The molecule has 0 radical (unpaired) electrons. The molecule has 3 aliphatic rings. The number of hydrogen-bond acceptors (Lipinski definition) is 4.